The van der Waals surface area contributed by atoms with E-state index in [4.69, 9.17) is 9.47 Å². The SMILES string of the molecule is COc1cccc(NC(=O)[C@@H](C)OC(=O)c2cccn2C)c1. The summed E-state index contributed by atoms with van der Waals surface area (Å²) in [7, 11) is 3.28. The number of ether oxygens (including phenoxy) is 2. The first-order valence-electron chi connectivity index (χ1n) is 6.78. The Morgan fingerprint density at radius 1 is 1.23 bits per heavy atom. The van der Waals surface area contributed by atoms with Gasteiger partial charge in [-0.25, -0.2) is 4.79 Å². The summed E-state index contributed by atoms with van der Waals surface area (Å²) in [4.78, 5) is 24.0. The predicted molar refractivity (Wildman–Crippen MR) is 81.9 cm³/mol. The lowest BCUT2D eigenvalue weighted by atomic mass is 10.3. The van der Waals surface area contributed by atoms with Gasteiger partial charge in [-0.3, -0.25) is 4.79 Å². The van der Waals surface area contributed by atoms with Gasteiger partial charge in [0.2, 0.25) is 0 Å². The van der Waals surface area contributed by atoms with Crippen LogP contribution in [0.15, 0.2) is 42.6 Å². The number of nitrogens with one attached hydrogen (secondary N) is 1. The molecule has 0 unspecified atom stereocenters. The van der Waals surface area contributed by atoms with Crippen molar-refractivity contribution in [2.75, 3.05) is 12.4 Å². The molecule has 116 valence electrons. The van der Waals surface area contributed by atoms with Crippen LogP contribution in [0.25, 0.3) is 0 Å². The zero-order valence-electron chi connectivity index (χ0n) is 12.7. The van der Waals surface area contributed by atoms with E-state index in [2.05, 4.69) is 5.32 Å². The van der Waals surface area contributed by atoms with Crippen molar-refractivity contribution in [3.8, 4) is 5.75 Å². The summed E-state index contributed by atoms with van der Waals surface area (Å²) in [5, 5.41) is 2.68. The molecule has 22 heavy (non-hydrogen) atoms. The zero-order valence-corrected chi connectivity index (χ0v) is 12.7. The molecule has 0 bridgehead atoms. The standard InChI is InChI=1S/C16H18N2O4/c1-11(22-16(20)14-8-5-9-18(14)2)15(19)17-12-6-4-7-13(10-12)21-3/h4-11H,1-3H3,(H,17,19)/t11-/m1/s1. The first-order valence-corrected chi connectivity index (χ1v) is 6.78. The highest BCUT2D eigenvalue weighted by Gasteiger charge is 2.20. The second-order valence-corrected chi connectivity index (χ2v) is 4.77. The smallest absolute Gasteiger partial charge is 0.355 e. The van der Waals surface area contributed by atoms with E-state index in [0.717, 1.165) is 0 Å². The Kier molecular flexibility index (Phi) is 4.83. The zero-order chi connectivity index (χ0) is 16.1. The molecule has 1 heterocycles. The largest absolute Gasteiger partial charge is 0.497 e. The van der Waals surface area contributed by atoms with Gasteiger partial charge in [-0.15, -0.1) is 0 Å². The molecule has 0 fully saturated rings. The number of anilines is 1. The Balaban J connectivity index is 1.97. The highest BCUT2D eigenvalue weighted by atomic mass is 16.5. The average Bonchev–Trinajstić information content (AvgIpc) is 2.93. The number of benzene rings is 1. The van der Waals surface area contributed by atoms with Crippen molar-refractivity contribution in [3.63, 3.8) is 0 Å². The van der Waals surface area contributed by atoms with Crippen LogP contribution in [0.2, 0.25) is 0 Å². The van der Waals surface area contributed by atoms with Crippen molar-refractivity contribution in [1.82, 2.24) is 4.57 Å². The summed E-state index contributed by atoms with van der Waals surface area (Å²) in [5.41, 5.74) is 0.965. The first kappa shape index (κ1) is 15.6. The monoisotopic (exact) mass is 302 g/mol. The minimum absolute atomic E-state index is 0.390. The van der Waals surface area contributed by atoms with Crippen LogP contribution in [0.3, 0.4) is 0 Å². The number of amides is 1. The Labute approximate surface area is 128 Å². The fourth-order valence-electron chi connectivity index (χ4n) is 1.89. The van der Waals surface area contributed by atoms with Gasteiger partial charge in [0.05, 0.1) is 7.11 Å². The predicted octanol–water partition coefficient (Wildman–Crippen LogP) is 2.22. The van der Waals surface area contributed by atoms with Crippen molar-refractivity contribution < 1.29 is 19.1 Å². The molecule has 0 aliphatic heterocycles. The van der Waals surface area contributed by atoms with E-state index in [0.29, 0.717) is 17.1 Å². The lowest BCUT2D eigenvalue weighted by Crippen LogP contribution is -2.30. The fourth-order valence-corrected chi connectivity index (χ4v) is 1.89. The highest BCUT2D eigenvalue weighted by Crippen LogP contribution is 2.17. The van der Waals surface area contributed by atoms with E-state index in [1.165, 1.54) is 6.92 Å². The minimum atomic E-state index is -0.909. The van der Waals surface area contributed by atoms with Gasteiger partial charge in [0.15, 0.2) is 6.10 Å². The third-order valence-corrected chi connectivity index (χ3v) is 3.14. The number of methoxy groups -OCH3 is 1. The van der Waals surface area contributed by atoms with Crippen LogP contribution in [-0.4, -0.2) is 29.7 Å². The normalized spacial score (nSPS) is 11.6. The molecule has 0 spiro atoms. The second kappa shape index (κ2) is 6.80. The molecular formula is C16H18N2O4. The summed E-state index contributed by atoms with van der Waals surface area (Å²) in [5.74, 6) is -0.317. The van der Waals surface area contributed by atoms with Crippen molar-refractivity contribution in [2.24, 2.45) is 7.05 Å². The molecule has 0 saturated heterocycles. The molecule has 1 amide bonds. The van der Waals surface area contributed by atoms with Gasteiger partial charge >= 0.3 is 5.97 Å². The summed E-state index contributed by atoms with van der Waals surface area (Å²) < 4.78 is 11.9. The van der Waals surface area contributed by atoms with Crippen LogP contribution in [0.1, 0.15) is 17.4 Å². The second-order valence-electron chi connectivity index (χ2n) is 4.77. The quantitative estimate of drug-likeness (QED) is 0.860. The molecule has 0 radical (unpaired) electrons. The molecule has 1 atom stereocenters. The van der Waals surface area contributed by atoms with Crippen molar-refractivity contribution in [2.45, 2.75) is 13.0 Å². The Bertz CT molecular complexity index is 678. The molecule has 0 aliphatic carbocycles. The molecular weight excluding hydrogens is 284 g/mol. The fraction of sp³-hybridized carbons (Fsp3) is 0.250. The topological polar surface area (TPSA) is 69.6 Å². The number of rotatable bonds is 5. The van der Waals surface area contributed by atoms with Crippen LogP contribution >= 0.6 is 0 Å². The van der Waals surface area contributed by atoms with E-state index < -0.39 is 18.0 Å². The summed E-state index contributed by atoms with van der Waals surface area (Å²) in [6, 6.07) is 10.3. The molecule has 2 rings (SSSR count). The van der Waals surface area contributed by atoms with Gasteiger partial charge in [-0.1, -0.05) is 6.07 Å². The number of carbonyl (C=O) groups excluding carboxylic acids is 2. The maximum atomic E-state index is 12.1. The van der Waals surface area contributed by atoms with E-state index in [1.807, 2.05) is 0 Å². The minimum Gasteiger partial charge on any atom is -0.497 e. The summed E-state index contributed by atoms with van der Waals surface area (Å²) in [6.45, 7) is 1.52. The van der Waals surface area contributed by atoms with Crippen molar-refractivity contribution in [3.05, 3.63) is 48.3 Å². The Morgan fingerprint density at radius 2 is 2.00 bits per heavy atom. The van der Waals surface area contributed by atoms with E-state index in [-0.39, 0.29) is 0 Å². The van der Waals surface area contributed by atoms with Gasteiger partial charge in [-0.2, -0.15) is 0 Å². The van der Waals surface area contributed by atoms with Crippen molar-refractivity contribution in [1.29, 1.82) is 0 Å². The van der Waals surface area contributed by atoms with Gasteiger partial charge in [0.25, 0.3) is 5.91 Å². The van der Waals surface area contributed by atoms with Crippen LogP contribution in [0.4, 0.5) is 5.69 Å². The third-order valence-electron chi connectivity index (χ3n) is 3.14. The maximum absolute atomic E-state index is 12.1. The number of aryl methyl sites for hydroxylation is 1. The molecule has 0 aliphatic rings. The first-order chi connectivity index (χ1) is 10.5. The van der Waals surface area contributed by atoms with Crippen LogP contribution in [-0.2, 0) is 16.6 Å². The van der Waals surface area contributed by atoms with Crippen LogP contribution in [0.5, 0.6) is 5.75 Å². The Morgan fingerprint density at radius 3 is 2.64 bits per heavy atom. The number of carbonyl (C=O) groups is 2. The number of hydrogen-bond acceptors (Lipinski definition) is 4. The number of nitrogens with zero attached hydrogens (tertiary/aromatic N) is 1. The molecule has 1 N–H and O–H groups in total. The molecule has 0 saturated carbocycles. The number of aromatic nitrogens is 1. The summed E-state index contributed by atoms with van der Waals surface area (Å²) in [6.07, 6.45) is 0.825. The van der Waals surface area contributed by atoms with Crippen LogP contribution in [0, 0.1) is 0 Å². The lowest BCUT2D eigenvalue weighted by molar-refractivity contribution is -0.123. The lowest BCUT2D eigenvalue weighted by Gasteiger charge is -2.14. The molecule has 6 nitrogen and oxygen atoms in total. The van der Waals surface area contributed by atoms with E-state index >= 15 is 0 Å². The third kappa shape index (κ3) is 3.66. The van der Waals surface area contributed by atoms with Gasteiger partial charge in [0.1, 0.15) is 11.4 Å². The average molecular weight is 302 g/mol. The molecule has 6 heteroatoms. The molecule has 1 aromatic carbocycles. The van der Waals surface area contributed by atoms with E-state index in [1.54, 1.807) is 61.3 Å². The van der Waals surface area contributed by atoms with Gasteiger partial charge in [0, 0.05) is 25.0 Å². The number of hydrogen-bond donors (Lipinski definition) is 1. The molecule has 1 aromatic heterocycles. The number of esters is 1. The van der Waals surface area contributed by atoms with Crippen molar-refractivity contribution >= 4 is 17.6 Å². The molecule has 2 aromatic rings. The maximum Gasteiger partial charge on any atom is 0.355 e. The Hall–Kier alpha value is -2.76. The van der Waals surface area contributed by atoms with E-state index in [9.17, 15) is 9.59 Å². The highest BCUT2D eigenvalue weighted by molar-refractivity contribution is 5.97. The van der Waals surface area contributed by atoms with Gasteiger partial charge < -0.3 is 19.4 Å². The van der Waals surface area contributed by atoms with Crippen LogP contribution < -0.4 is 10.1 Å². The van der Waals surface area contributed by atoms with Gasteiger partial charge in [-0.05, 0) is 31.2 Å². The summed E-state index contributed by atoms with van der Waals surface area (Å²) >= 11 is 0.